The van der Waals surface area contributed by atoms with E-state index in [9.17, 15) is 13.2 Å². The van der Waals surface area contributed by atoms with Crippen LogP contribution in [0.4, 0.5) is 13.2 Å². The van der Waals surface area contributed by atoms with E-state index in [-0.39, 0.29) is 0 Å². The highest BCUT2D eigenvalue weighted by atomic mass is 19.4. The molecule has 130 valence electrons. The summed E-state index contributed by atoms with van der Waals surface area (Å²) in [5.41, 5.74) is 3.87. The molecule has 0 fully saturated rings. The third kappa shape index (κ3) is 2.54. The number of benzene rings is 2. The molecule has 0 spiro atoms. The number of fused-ring (bicyclic) bond motifs is 5. The van der Waals surface area contributed by atoms with E-state index in [0.717, 1.165) is 40.7 Å². The number of likely N-dealkylation sites (N-methyl/N-ethyl adjacent to an activating group) is 1. The molecule has 0 bridgehead atoms. The van der Waals surface area contributed by atoms with Gasteiger partial charge in [-0.05, 0) is 37.7 Å². The molecule has 3 aromatic rings. The highest BCUT2D eigenvalue weighted by Gasteiger charge is 2.36. The number of aromatic nitrogens is 1. The molecule has 0 radical (unpaired) electrons. The van der Waals surface area contributed by atoms with E-state index >= 15 is 0 Å². The maximum absolute atomic E-state index is 13.6. The molecule has 0 atom stereocenters. The summed E-state index contributed by atoms with van der Waals surface area (Å²) in [5, 5.41) is 0.723. The van der Waals surface area contributed by atoms with Gasteiger partial charge in [0.05, 0.1) is 16.8 Å². The van der Waals surface area contributed by atoms with Gasteiger partial charge in [0.15, 0.2) is 0 Å². The van der Waals surface area contributed by atoms with Crippen LogP contribution in [0.25, 0.3) is 22.2 Å². The third-order valence-corrected chi connectivity index (χ3v) is 4.90. The number of nitrogens with zero attached hydrogens (tertiary/aromatic N) is 2. The molecule has 0 N–H and O–H groups in total. The largest absolute Gasteiger partial charge is 0.418 e. The Morgan fingerprint density at radius 2 is 1.80 bits per heavy atom. The van der Waals surface area contributed by atoms with Crippen molar-refractivity contribution in [3.05, 3.63) is 59.2 Å². The molecule has 1 aliphatic heterocycles. The molecule has 1 aromatic heterocycles. The summed E-state index contributed by atoms with van der Waals surface area (Å²) < 4.78 is 42.7. The molecule has 25 heavy (non-hydrogen) atoms. The van der Waals surface area contributed by atoms with Gasteiger partial charge in [-0.1, -0.05) is 36.4 Å². The molecule has 0 saturated carbocycles. The number of hydrogen-bond donors (Lipinski definition) is 0. The van der Waals surface area contributed by atoms with Crippen molar-refractivity contribution in [2.45, 2.75) is 19.1 Å². The highest BCUT2D eigenvalue weighted by Crippen LogP contribution is 2.45. The van der Waals surface area contributed by atoms with Crippen LogP contribution in [-0.2, 0) is 19.1 Å². The van der Waals surface area contributed by atoms with E-state index in [1.54, 1.807) is 0 Å². The summed E-state index contributed by atoms with van der Waals surface area (Å²) >= 11 is 0. The summed E-state index contributed by atoms with van der Waals surface area (Å²) in [6, 6.07) is 12.4. The van der Waals surface area contributed by atoms with Crippen LogP contribution in [0.1, 0.15) is 16.7 Å². The molecule has 4 rings (SSSR count). The van der Waals surface area contributed by atoms with Crippen LogP contribution in [0.3, 0.4) is 0 Å². The van der Waals surface area contributed by atoms with Gasteiger partial charge in [-0.2, -0.15) is 13.2 Å². The molecule has 2 aromatic carbocycles. The smallest absolute Gasteiger partial charge is 0.335 e. The predicted octanol–water partition coefficient (Wildman–Crippen LogP) is 4.79. The first-order valence-electron chi connectivity index (χ1n) is 8.32. The zero-order valence-corrected chi connectivity index (χ0v) is 14.2. The van der Waals surface area contributed by atoms with Crippen molar-refractivity contribution in [3.8, 4) is 11.3 Å². The topological polar surface area (TPSA) is 8.17 Å². The van der Waals surface area contributed by atoms with Gasteiger partial charge in [-0.15, -0.1) is 0 Å². The van der Waals surface area contributed by atoms with E-state index < -0.39 is 11.7 Å². The summed E-state index contributed by atoms with van der Waals surface area (Å²) in [6.45, 7) is 1.29. The van der Waals surface area contributed by atoms with Gasteiger partial charge < -0.3 is 9.47 Å². The van der Waals surface area contributed by atoms with Crippen molar-refractivity contribution in [2.75, 3.05) is 20.6 Å². The minimum absolute atomic E-state index is 0.315. The lowest BCUT2D eigenvalue weighted by molar-refractivity contribution is -0.136. The summed E-state index contributed by atoms with van der Waals surface area (Å²) in [4.78, 5) is 2.06. The second-order valence-electron chi connectivity index (χ2n) is 6.82. The van der Waals surface area contributed by atoms with E-state index in [1.807, 2.05) is 49.0 Å². The first-order chi connectivity index (χ1) is 11.9. The fraction of sp³-hybridized carbons (Fsp3) is 0.300. The molecule has 2 heterocycles. The number of para-hydroxylation sites is 1. The van der Waals surface area contributed by atoms with Gasteiger partial charge in [0.25, 0.3) is 0 Å². The zero-order valence-electron chi connectivity index (χ0n) is 14.2. The summed E-state index contributed by atoms with van der Waals surface area (Å²) in [6.07, 6.45) is -3.64. The second kappa shape index (κ2) is 5.63. The number of rotatable bonds is 3. The van der Waals surface area contributed by atoms with Gasteiger partial charge in [-0.3, -0.25) is 0 Å². The Hall–Kier alpha value is -2.27. The molecule has 2 nitrogen and oxygen atoms in total. The second-order valence-corrected chi connectivity index (χ2v) is 6.82. The Bertz CT molecular complexity index is 951. The minimum Gasteiger partial charge on any atom is -0.335 e. The van der Waals surface area contributed by atoms with Gasteiger partial charge in [0.2, 0.25) is 0 Å². The van der Waals surface area contributed by atoms with E-state index in [0.29, 0.717) is 12.1 Å². The normalized spacial score (nSPS) is 13.5. The zero-order chi connectivity index (χ0) is 17.8. The first-order valence-corrected chi connectivity index (χ1v) is 8.32. The first kappa shape index (κ1) is 16.2. The van der Waals surface area contributed by atoms with Crippen LogP contribution >= 0.6 is 0 Å². The van der Waals surface area contributed by atoms with Crippen LogP contribution in [0.2, 0.25) is 0 Å². The fourth-order valence-electron chi connectivity index (χ4n) is 3.82. The van der Waals surface area contributed by atoms with Crippen LogP contribution in [0.5, 0.6) is 0 Å². The molecular formula is C20H19F3N2. The van der Waals surface area contributed by atoms with Crippen molar-refractivity contribution in [3.63, 3.8) is 0 Å². The number of hydrogen-bond acceptors (Lipinski definition) is 1. The van der Waals surface area contributed by atoms with Crippen LogP contribution in [0, 0.1) is 0 Å². The average molecular weight is 344 g/mol. The van der Waals surface area contributed by atoms with E-state index in [4.69, 9.17) is 0 Å². The SMILES string of the molecule is CN(C)CCc1c2n(c3c(C(F)(F)F)cccc13)Cc1ccccc1-2. The predicted molar refractivity (Wildman–Crippen MR) is 93.7 cm³/mol. The van der Waals surface area contributed by atoms with Crippen molar-refractivity contribution in [2.24, 2.45) is 0 Å². The maximum Gasteiger partial charge on any atom is 0.418 e. The van der Waals surface area contributed by atoms with Crippen molar-refractivity contribution < 1.29 is 13.2 Å². The molecule has 0 saturated heterocycles. The lowest BCUT2D eigenvalue weighted by atomic mass is 9.99. The van der Waals surface area contributed by atoms with E-state index in [2.05, 4.69) is 4.90 Å². The summed E-state index contributed by atoms with van der Waals surface area (Å²) in [5.74, 6) is 0. The Labute approximate surface area is 144 Å². The third-order valence-electron chi connectivity index (χ3n) is 4.90. The van der Waals surface area contributed by atoms with Crippen molar-refractivity contribution in [1.29, 1.82) is 0 Å². The molecule has 0 aliphatic carbocycles. The van der Waals surface area contributed by atoms with Crippen LogP contribution < -0.4 is 0 Å². The van der Waals surface area contributed by atoms with Gasteiger partial charge in [-0.25, -0.2) is 0 Å². The van der Waals surface area contributed by atoms with Gasteiger partial charge in [0, 0.05) is 24.0 Å². The lowest BCUT2D eigenvalue weighted by Crippen LogP contribution is -2.15. The molecular weight excluding hydrogens is 325 g/mol. The van der Waals surface area contributed by atoms with E-state index in [1.165, 1.54) is 12.1 Å². The standard InChI is InChI=1S/C20H19F3N2/c1-24(2)11-10-16-15-8-5-9-17(20(21,22)23)19(15)25-12-13-6-3-4-7-14(13)18(16)25/h3-9H,10-12H2,1-2H3. The van der Waals surface area contributed by atoms with Crippen molar-refractivity contribution in [1.82, 2.24) is 9.47 Å². The van der Waals surface area contributed by atoms with Gasteiger partial charge in [0.1, 0.15) is 0 Å². The molecule has 0 unspecified atom stereocenters. The summed E-state index contributed by atoms with van der Waals surface area (Å²) in [7, 11) is 3.96. The Balaban J connectivity index is 2.03. The van der Waals surface area contributed by atoms with Gasteiger partial charge >= 0.3 is 6.18 Å². The number of alkyl halides is 3. The molecule has 1 aliphatic rings. The van der Waals surface area contributed by atoms with Crippen LogP contribution in [0.15, 0.2) is 42.5 Å². The lowest BCUT2D eigenvalue weighted by Gasteiger charge is -2.12. The van der Waals surface area contributed by atoms with Crippen molar-refractivity contribution >= 4 is 10.9 Å². The van der Waals surface area contributed by atoms with Crippen LogP contribution in [-0.4, -0.2) is 30.1 Å². The molecule has 5 heteroatoms. The highest BCUT2D eigenvalue weighted by molar-refractivity contribution is 5.96. The monoisotopic (exact) mass is 344 g/mol. The molecule has 0 amide bonds. The maximum atomic E-state index is 13.6. The number of halogens is 3. The quantitative estimate of drug-likeness (QED) is 0.519. The Morgan fingerprint density at radius 1 is 1.04 bits per heavy atom. The minimum atomic E-state index is -4.36. The Morgan fingerprint density at radius 3 is 2.52 bits per heavy atom. The fourth-order valence-corrected chi connectivity index (χ4v) is 3.82. The Kier molecular flexibility index (Phi) is 3.65. The average Bonchev–Trinajstić information content (AvgIpc) is 3.06.